The molecule has 0 aromatic heterocycles. The number of benzene rings is 1. The van der Waals surface area contributed by atoms with Gasteiger partial charge >= 0.3 is 12.1 Å². The summed E-state index contributed by atoms with van der Waals surface area (Å²) in [5, 5.41) is 8.72. The predicted molar refractivity (Wildman–Crippen MR) is 48.8 cm³/mol. The highest BCUT2D eigenvalue weighted by molar-refractivity contribution is 5.75. The van der Waals surface area contributed by atoms with Crippen LogP contribution in [-0.4, -0.2) is 18.2 Å². The molecule has 0 spiro atoms. The Kier molecular flexibility index (Phi) is 3.54. The molecule has 0 amide bonds. The average Bonchev–Trinajstić information content (AvgIpc) is 2.17. The minimum absolute atomic E-state index is 0.398. The fourth-order valence-electron chi connectivity index (χ4n) is 1.34. The molecule has 3 nitrogen and oxygen atoms in total. The summed E-state index contributed by atoms with van der Waals surface area (Å²) in [6.07, 6.45) is -6.21. The van der Waals surface area contributed by atoms with Crippen molar-refractivity contribution >= 4 is 5.97 Å². The van der Waals surface area contributed by atoms with Crippen LogP contribution in [0.1, 0.15) is 17.2 Å². The topological polar surface area (TPSA) is 46.5 Å². The minimum atomic E-state index is -4.59. The van der Waals surface area contributed by atoms with Crippen LogP contribution < -0.4 is 0 Å². The monoisotopic (exact) mass is 234 g/mol. The molecule has 88 valence electrons. The zero-order chi connectivity index (χ0) is 12.3. The van der Waals surface area contributed by atoms with Gasteiger partial charge in [0.2, 0.25) is 0 Å². The number of alkyl halides is 3. The number of carboxylic acids is 1. The third kappa shape index (κ3) is 2.52. The van der Waals surface area contributed by atoms with E-state index in [2.05, 4.69) is 4.74 Å². The molecular formula is C10H9F3O3. The van der Waals surface area contributed by atoms with Crippen LogP contribution in [-0.2, 0) is 15.7 Å². The van der Waals surface area contributed by atoms with Gasteiger partial charge in [-0.05, 0) is 6.07 Å². The molecule has 6 heteroatoms. The molecule has 0 saturated heterocycles. The van der Waals surface area contributed by atoms with Crippen LogP contribution >= 0.6 is 0 Å². The second-order valence-corrected chi connectivity index (χ2v) is 3.04. The lowest BCUT2D eigenvalue weighted by atomic mass is 10.0. The van der Waals surface area contributed by atoms with E-state index in [-0.39, 0.29) is 0 Å². The average molecular weight is 234 g/mol. The Hall–Kier alpha value is -1.56. The first kappa shape index (κ1) is 12.5. The van der Waals surface area contributed by atoms with E-state index in [9.17, 15) is 18.0 Å². The number of carboxylic acid groups (broad SMARTS) is 1. The SMILES string of the molecule is CO[C@H](C(=O)O)c1ccccc1C(F)(F)F. The maximum absolute atomic E-state index is 12.6. The summed E-state index contributed by atoms with van der Waals surface area (Å²) in [6.45, 7) is 0. The third-order valence-corrected chi connectivity index (χ3v) is 2.01. The summed E-state index contributed by atoms with van der Waals surface area (Å²) in [6, 6.07) is 4.44. The lowest BCUT2D eigenvalue weighted by Gasteiger charge is -2.16. The van der Waals surface area contributed by atoms with Gasteiger partial charge in [-0.15, -0.1) is 0 Å². The van der Waals surface area contributed by atoms with Crippen molar-refractivity contribution in [2.45, 2.75) is 12.3 Å². The number of rotatable bonds is 3. The van der Waals surface area contributed by atoms with Gasteiger partial charge in [-0.25, -0.2) is 4.79 Å². The van der Waals surface area contributed by atoms with Crippen LogP contribution in [0.4, 0.5) is 13.2 Å². The van der Waals surface area contributed by atoms with Gasteiger partial charge in [-0.1, -0.05) is 18.2 Å². The van der Waals surface area contributed by atoms with E-state index >= 15 is 0 Å². The Labute approximate surface area is 89.5 Å². The van der Waals surface area contributed by atoms with Gasteiger partial charge in [0.1, 0.15) is 0 Å². The smallest absolute Gasteiger partial charge is 0.416 e. The first-order valence-corrected chi connectivity index (χ1v) is 4.29. The van der Waals surface area contributed by atoms with E-state index in [4.69, 9.17) is 5.11 Å². The van der Waals surface area contributed by atoms with E-state index in [1.165, 1.54) is 12.1 Å². The largest absolute Gasteiger partial charge is 0.479 e. The summed E-state index contributed by atoms with van der Waals surface area (Å²) in [4.78, 5) is 10.7. The number of methoxy groups -OCH3 is 1. The molecule has 1 rings (SSSR count). The first-order chi connectivity index (χ1) is 7.38. The number of aliphatic carboxylic acids is 1. The Balaban J connectivity index is 3.27. The summed E-state index contributed by atoms with van der Waals surface area (Å²) in [7, 11) is 1.05. The highest BCUT2D eigenvalue weighted by Gasteiger charge is 2.36. The standard InChI is InChI=1S/C10H9F3O3/c1-16-8(9(14)15)6-4-2-3-5-7(6)10(11,12)13/h2-5,8H,1H3,(H,14,15)/t8-/m0/s1. The Morgan fingerprint density at radius 3 is 2.38 bits per heavy atom. The van der Waals surface area contributed by atoms with Crippen molar-refractivity contribution in [3.05, 3.63) is 35.4 Å². The van der Waals surface area contributed by atoms with Gasteiger partial charge in [0.05, 0.1) is 5.56 Å². The summed E-state index contributed by atoms with van der Waals surface area (Å²) in [5.41, 5.74) is -1.39. The molecule has 0 unspecified atom stereocenters. The van der Waals surface area contributed by atoms with Crippen LogP contribution in [0, 0.1) is 0 Å². The summed E-state index contributed by atoms with van der Waals surface area (Å²) < 4.78 is 42.2. The fraction of sp³-hybridized carbons (Fsp3) is 0.300. The van der Waals surface area contributed by atoms with Crippen LogP contribution in [0.3, 0.4) is 0 Å². The number of hydrogen-bond acceptors (Lipinski definition) is 2. The van der Waals surface area contributed by atoms with Gasteiger partial charge in [-0.2, -0.15) is 13.2 Å². The Bertz CT molecular complexity index is 387. The molecule has 0 heterocycles. The van der Waals surface area contributed by atoms with E-state index in [0.29, 0.717) is 0 Å². The van der Waals surface area contributed by atoms with Crippen molar-refractivity contribution < 1.29 is 27.8 Å². The van der Waals surface area contributed by atoms with Gasteiger partial charge < -0.3 is 9.84 Å². The third-order valence-electron chi connectivity index (χ3n) is 2.01. The van der Waals surface area contributed by atoms with Gasteiger partial charge in [0.25, 0.3) is 0 Å². The van der Waals surface area contributed by atoms with Crippen molar-refractivity contribution in [1.29, 1.82) is 0 Å². The second-order valence-electron chi connectivity index (χ2n) is 3.04. The van der Waals surface area contributed by atoms with Gasteiger partial charge in [0.15, 0.2) is 6.10 Å². The van der Waals surface area contributed by atoms with Crippen molar-refractivity contribution in [1.82, 2.24) is 0 Å². The Morgan fingerprint density at radius 2 is 1.94 bits per heavy atom. The van der Waals surface area contributed by atoms with Gasteiger partial charge in [0, 0.05) is 12.7 Å². The van der Waals surface area contributed by atoms with Crippen molar-refractivity contribution in [3.8, 4) is 0 Å². The predicted octanol–water partition coefficient (Wildman–Crippen LogP) is 2.48. The molecule has 16 heavy (non-hydrogen) atoms. The molecule has 1 aromatic carbocycles. The van der Waals surface area contributed by atoms with Crippen molar-refractivity contribution in [2.24, 2.45) is 0 Å². The number of hydrogen-bond donors (Lipinski definition) is 1. The molecule has 1 N–H and O–H groups in total. The van der Waals surface area contributed by atoms with Crippen LogP contribution in [0.2, 0.25) is 0 Å². The molecule has 1 atom stereocenters. The normalized spacial score (nSPS) is 13.5. The molecule has 0 aliphatic rings. The van der Waals surface area contributed by atoms with Gasteiger partial charge in [-0.3, -0.25) is 0 Å². The zero-order valence-electron chi connectivity index (χ0n) is 8.28. The highest BCUT2D eigenvalue weighted by Crippen LogP contribution is 2.35. The lowest BCUT2D eigenvalue weighted by molar-refractivity contribution is -0.151. The molecule has 1 aromatic rings. The van der Waals surface area contributed by atoms with E-state index < -0.39 is 29.4 Å². The van der Waals surface area contributed by atoms with E-state index in [1.807, 2.05) is 0 Å². The second kappa shape index (κ2) is 4.52. The van der Waals surface area contributed by atoms with E-state index in [1.54, 1.807) is 0 Å². The molecule has 0 bridgehead atoms. The highest BCUT2D eigenvalue weighted by atomic mass is 19.4. The molecule has 0 radical (unpaired) electrons. The van der Waals surface area contributed by atoms with Crippen LogP contribution in [0.15, 0.2) is 24.3 Å². The molecular weight excluding hydrogens is 225 g/mol. The zero-order valence-corrected chi connectivity index (χ0v) is 8.28. The number of carbonyl (C=O) groups is 1. The van der Waals surface area contributed by atoms with E-state index in [0.717, 1.165) is 19.2 Å². The first-order valence-electron chi connectivity index (χ1n) is 4.29. The molecule has 0 aliphatic carbocycles. The Morgan fingerprint density at radius 1 is 1.38 bits per heavy atom. The van der Waals surface area contributed by atoms with Crippen molar-refractivity contribution in [2.75, 3.05) is 7.11 Å². The van der Waals surface area contributed by atoms with Crippen LogP contribution in [0.25, 0.3) is 0 Å². The molecule has 0 fully saturated rings. The van der Waals surface area contributed by atoms with Crippen LogP contribution in [0.5, 0.6) is 0 Å². The summed E-state index contributed by atoms with van der Waals surface area (Å²) in [5.74, 6) is -1.46. The molecule has 0 aliphatic heterocycles. The fourth-order valence-corrected chi connectivity index (χ4v) is 1.34. The number of ether oxygens (including phenoxy) is 1. The minimum Gasteiger partial charge on any atom is -0.479 e. The maximum Gasteiger partial charge on any atom is 0.416 e. The quantitative estimate of drug-likeness (QED) is 0.873. The lowest BCUT2D eigenvalue weighted by Crippen LogP contribution is -2.19. The molecule has 0 saturated carbocycles. The summed E-state index contributed by atoms with van der Waals surface area (Å²) >= 11 is 0. The number of halogens is 3. The maximum atomic E-state index is 12.6. The van der Waals surface area contributed by atoms with Crippen molar-refractivity contribution in [3.63, 3.8) is 0 Å².